The number of ether oxygens (including phenoxy) is 1. The Morgan fingerprint density at radius 2 is 1.87 bits per heavy atom. The van der Waals surface area contributed by atoms with E-state index < -0.39 is 30.1 Å². The van der Waals surface area contributed by atoms with Crippen LogP contribution in [-0.4, -0.2) is 30.1 Å². The molecule has 2 rings (SSSR count). The number of rotatable bonds is 9. The summed E-state index contributed by atoms with van der Waals surface area (Å²) in [5, 5.41) is 14.8. The molecular formula is C22H23ClN4O4. The molecule has 162 valence electrons. The van der Waals surface area contributed by atoms with E-state index in [0.717, 1.165) is 5.56 Å². The molecule has 0 radical (unpaired) electrons. The summed E-state index contributed by atoms with van der Waals surface area (Å²) in [6, 6.07) is 15.2. The van der Waals surface area contributed by atoms with Crippen LogP contribution in [0.2, 0.25) is 5.02 Å². The van der Waals surface area contributed by atoms with Gasteiger partial charge in [-0.3, -0.25) is 9.59 Å². The van der Waals surface area contributed by atoms with Gasteiger partial charge in [0.05, 0.1) is 11.6 Å². The molecular weight excluding hydrogens is 420 g/mol. The highest BCUT2D eigenvalue weighted by atomic mass is 35.5. The number of benzene rings is 2. The third kappa shape index (κ3) is 7.64. The van der Waals surface area contributed by atoms with Crippen LogP contribution in [0.25, 0.3) is 0 Å². The molecule has 2 atom stereocenters. The third-order valence-electron chi connectivity index (χ3n) is 4.48. The monoisotopic (exact) mass is 442 g/mol. The summed E-state index contributed by atoms with van der Waals surface area (Å²) in [4.78, 5) is 36.1. The molecule has 9 heteroatoms. The molecule has 2 aromatic carbocycles. The maximum absolute atomic E-state index is 12.5. The maximum atomic E-state index is 12.5. The molecule has 0 saturated carbocycles. The Kier molecular flexibility index (Phi) is 8.85. The summed E-state index contributed by atoms with van der Waals surface area (Å²) in [7, 11) is 0. The van der Waals surface area contributed by atoms with Gasteiger partial charge in [-0.2, -0.15) is 5.26 Å². The molecule has 0 saturated heterocycles. The lowest BCUT2D eigenvalue weighted by Gasteiger charge is -2.20. The summed E-state index contributed by atoms with van der Waals surface area (Å²) in [5.41, 5.74) is 6.99. The van der Waals surface area contributed by atoms with Gasteiger partial charge in [-0.15, -0.1) is 0 Å². The van der Waals surface area contributed by atoms with Crippen molar-refractivity contribution < 1.29 is 19.1 Å². The highest BCUT2D eigenvalue weighted by Crippen LogP contribution is 2.15. The minimum absolute atomic E-state index is 0.0672. The highest BCUT2D eigenvalue weighted by molar-refractivity contribution is 6.30. The number of carbonyl (C=O) groups is 3. The lowest BCUT2D eigenvalue weighted by Crippen LogP contribution is -2.49. The van der Waals surface area contributed by atoms with Gasteiger partial charge in [-0.25, -0.2) is 4.79 Å². The topological polar surface area (TPSA) is 134 Å². The number of nitriles is 1. The smallest absolute Gasteiger partial charge is 0.405 e. The molecule has 0 bridgehead atoms. The fraction of sp³-hybridized carbons (Fsp3) is 0.273. The molecule has 0 heterocycles. The summed E-state index contributed by atoms with van der Waals surface area (Å²) in [6.07, 6.45) is -1.51. The zero-order valence-electron chi connectivity index (χ0n) is 16.9. The van der Waals surface area contributed by atoms with E-state index in [-0.39, 0.29) is 13.0 Å². The molecule has 0 fully saturated rings. The number of nitrogens with one attached hydrogen (secondary N) is 2. The van der Waals surface area contributed by atoms with E-state index in [1.54, 1.807) is 18.2 Å². The van der Waals surface area contributed by atoms with Crippen molar-refractivity contribution in [2.45, 2.75) is 38.5 Å². The fourth-order valence-corrected chi connectivity index (χ4v) is 3.05. The van der Waals surface area contributed by atoms with Crippen LogP contribution in [0, 0.1) is 11.3 Å². The zero-order valence-corrected chi connectivity index (χ0v) is 17.7. The first-order valence-electron chi connectivity index (χ1n) is 9.56. The first-order valence-corrected chi connectivity index (χ1v) is 9.94. The van der Waals surface area contributed by atoms with Crippen LogP contribution in [0.1, 0.15) is 30.0 Å². The number of primary amides is 1. The number of nitrogens with two attached hydrogens (primary N) is 1. The van der Waals surface area contributed by atoms with Crippen LogP contribution in [0.5, 0.6) is 0 Å². The Morgan fingerprint density at radius 3 is 2.52 bits per heavy atom. The number of hydrogen-bond donors (Lipinski definition) is 3. The van der Waals surface area contributed by atoms with E-state index in [2.05, 4.69) is 10.6 Å². The van der Waals surface area contributed by atoms with Gasteiger partial charge in [0.1, 0.15) is 6.04 Å². The van der Waals surface area contributed by atoms with Crippen molar-refractivity contribution in [3.63, 3.8) is 0 Å². The minimum atomic E-state index is -1.13. The molecule has 0 aromatic heterocycles. The number of aryl methyl sites for hydroxylation is 1. The molecule has 4 N–H and O–H groups in total. The van der Waals surface area contributed by atoms with Gasteiger partial charge < -0.3 is 21.1 Å². The number of nitrogens with zero attached hydrogens (tertiary/aromatic N) is 1. The van der Waals surface area contributed by atoms with Crippen molar-refractivity contribution in [2.24, 2.45) is 5.73 Å². The Bertz CT molecular complexity index is 975. The molecule has 0 unspecified atom stereocenters. The van der Waals surface area contributed by atoms with Crippen LogP contribution in [0.4, 0.5) is 4.79 Å². The maximum Gasteiger partial charge on any atom is 0.405 e. The van der Waals surface area contributed by atoms with Gasteiger partial charge in [0, 0.05) is 11.6 Å². The van der Waals surface area contributed by atoms with Crippen molar-refractivity contribution >= 4 is 29.5 Å². The quantitative estimate of drug-likeness (QED) is 0.548. The first-order chi connectivity index (χ1) is 14.8. The largest absolute Gasteiger partial charge is 0.436 e. The van der Waals surface area contributed by atoms with E-state index in [4.69, 9.17) is 27.3 Å². The van der Waals surface area contributed by atoms with Crippen molar-refractivity contribution in [3.05, 3.63) is 70.2 Å². The van der Waals surface area contributed by atoms with Crippen molar-refractivity contribution in [1.82, 2.24) is 10.6 Å². The summed E-state index contributed by atoms with van der Waals surface area (Å²) >= 11 is 5.94. The van der Waals surface area contributed by atoms with Gasteiger partial charge in [-0.1, -0.05) is 41.9 Å². The first kappa shape index (κ1) is 23.7. The lowest BCUT2D eigenvalue weighted by molar-refractivity contribution is -0.134. The summed E-state index contributed by atoms with van der Waals surface area (Å²) in [6.45, 7) is 1.56. The molecule has 8 nitrogen and oxygen atoms in total. The van der Waals surface area contributed by atoms with Crippen LogP contribution in [-0.2, 0) is 27.3 Å². The second-order valence-corrected chi connectivity index (χ2v) is 7.25. The SMILES string of the molecule is C[C@H](NC(=O)[C@@H](CCc1ccccc1)OC(N)=O)C(=O)NCc1cc(Cl)ccc1C#N. The molecule has 0 aliphatic heterocycles. The van der Waals surface area contributed by atoms with Crippen molar-refractivity contribution in [1.29, 1.82) is 5.26 Å². The second-order valence-electron chi connectivity index (χ2n) is 6.81. The van der Waals surface area contributed by atoms with Gasteiger partial charge in [-0.05, 0) is 49.1 Å². The molecule has 0 spiro atoms. The average Bonchev–Trinajstić information content (AvgIpc) is 2.75. The predicted molar refractivity (Wildman–Crippen MR) is 115 cm³/mol. The van der Waals surface area contributed by atoms with Gasteiger partial charge in [0.2, 0.25) is 5.91 Å². The van der Waals surface area contributed by atoms with E-state index in [0.29, 0.717) is 22.6 Å². The molecule has 3 amide bonds. The number of amides is 3. The van der Waals surface area contributed by atoms with Crippen molar-refractivity contribution in [3.8, 4) is 6.07 Å². The van der Waals surface area contributed by atoms with Crippen LogP contribution in [0.3, 0.4) is 0 Å². The van der Waals surface area contributed by atoms with E-state index in [1.165, 1.54) is 6.92 Å². The standard InChI is InChI=1S/C22H23ClN4O4/c1-14(20(28)26-13-17-11-18(23)9-8-16(17)12-24)27-21(29)19(31-22(25)30)10-7-15-5-3-2-4-6-15/h2-6,8-9,11,14,19H,7,10,13H2,1H3,(H2,25,30)(H,26,28)(H,27,29)/t14-,19+/m0/s1. The number of hydrogen-bond acceptors (Lipinski definition) is 5. The second kappa shape index (κ2) is 11.6. The van der Waals surface area contributed by atoms with Crippen LogP contribution >= 0.6 is 11.6 Å². The Morgan fingerprint density at radius 1 is 1.16 bits per heavy atom. The van der Waals surface area contributed by atoms with Crippen LogP contribution < -0.4 is 16.4 Å². The van der Waals surface area contributed by atoms with E-state index >= 15 is 0 Å². The summed E-state index contributed by atoms with van der Waals surface area (Å²) < 4.78 is 4.93. The molecule has 0 aliphatic rings. The Labute approximate surface area is 185 Å². The molecule has 2 aromatic rings. The van der Waals surface area contributed by atoms with Gasteiger partial charge >= 0.3 is 6.09 Å². The van der Waals surface area contributed by atoms with Gasteiger partial charge in [0.15, 0.2) is 6.10 Å². The van der Waals surface area contributed by atoms with E-state index in [1.807, 2.05) is 36.4 Å². The predicted octanol–water partition coefficient (Wildman–Crippen LogP) is 2.43. The number of carbonyl (C=O) groups excluding carboxylic acids is 3. The Hall–Kier alpha value is -3.57. The minimum Gasteiger partial charge on any atom is -0.436 e. The number of halogens is 1. The van der Waals surface area contributed by atoms with Crippen molar-refractivity contribution in [2.75, 3.05) is 0 Å². The normalized spacial score (nSPS) is 12.2. The van der Waals surface area contributed by atoms with E-state index in [9.17, 15) is 14.4 Å². The third-order valence-corrected chi connectivity index (χ3v) is 4.72. The molecule has 31 heavy (non-hydrogen) atoms. The average molecular weight is 443 g/mol. The highest BCUT2D eigenvalue weighted by Gasteiger charge is 2.25. The van der Waals surface area contributed by atoms with Crippen LogP contribution in [0.15, 0.2) is 48.5 Å². The lowest BCUT2D eigenvalue weighted by atomic mass is 10.1. The Balaban J connectivity index is 1.94. The summed E-state index contributed by atoms with van der Waals surface area (Å²) in [5.74, 6) is -1.10. The fourth-order valence-electron chi connectivity index (χ4n) is 2.85. The van der Waals surface area contributed by atoms with Gasteiger partial charge in [0.25, 0.3) is 5.91 Å². The zero-order chi connectivity index (χ0) is 22.8. The molecule has 0 aliphatic carbocycles.